The smallest absolute Gasteiger partial charge is 0.435 e. The topological polar surface area (TPSA) is 116 Å². The second kappa shape index (κ2) is 7.04. The van der Waals surface area contributed by atoms with E-state index in [1.807, 2.05) is 0 Å². The number of nitrogens with zero attached hydrogens (tertiary/aromatic N) is 2. The van der Waals surface area contributed by atoms with Crippen molar-refractivity contribution in [3.05, 3.63) is 42.2 Å². The van der Waals surface area contributed by atoms with Crippen LogP contribution >= 0.6 is 0 Å². The lowest BCUT2D eigenvalue weighted by Crippen LogP contribution is -2.47. The molecule has 0 saturated carbocycles. The van der Waals surface area contributed by atoms with Gasteiger partial charge < -0.3 is 20.8 Å². The Labute approximate surface area is 145 Å². The number of benzene rings is 1. The molecule has 140 valence electrons. The van der Waals surface area contributed by atoms with Gasteiger partial charge in [0.15, 0.2) is 11.3 Å². The fourth-order valence-electron chi connectivity index (χ4n) is 1.82. The molecule has 26 heavy (non-hydrogen) atoms. The molecule has 2 aromatic rings. The molecular formula is C15H15F3N4O4. The highest BCUT2D eigenvalue weighted by Crippen LogP contribution is 2.28. The summed E-state index contributed by atoms with van der Waals surface area (Å²) >= 11 is 0. The number of hydrogen-bond acceptors (Lipinski definition) is 4. The first-order valence-electron chi connectivity index (χ1n) is 7.23. The number of urea groups is 1. The summed E-state index contributed by atoms with van der Waals surface area (Å²) in [5, 5.41) is 26.2. The number of aliphatic carboxylic acids is 1. The number of carboxylic acids is 1. The lowest BCUT2D eigenvalue weighted by molar-refractivity contribution is -0.155. The summed E-state index contributed by atoms with van der Waals surface area (Å²) in [6.45, 7) is 0.517. The Bertz CT molecular complexity index is 800. The van der Waals surface area contributed by atoms with Crippen molar-refractivity contribution < 1.29 is 33.0 Å². The van der Waals surface area contributed by atoms with E-state index in [1.54, 1.807) is 0 Å². The molecule has 0 spiro atoms. The third-order valence-electron chi connectivity index (χ3n) is 3.32. The molecule has 11 heteroatoms. The van der Waals surface area contributed by atoms with Crippen molar-refractivity contribution in [1.82, 2.24) is 15.1 Å². The van der Waals surface area contributed by atoms with E-state index in [0.717, 1.165) is 23.9 Å². The van der Waals surface area contributed by atoms with Crippen LogP contribution in [0.5, 0.6) is 0 Å². The lowest BCUT2D eigenvalue weighted by atomic mass is 10.1. The number of halogens is 3. The van der Waals surface area contributed by atoms with Crippen LogP contribution in [0.3, 0.4) is 0 Å². The predicted octanol–water partition coefficient (Wildman–Crippen LogP) is 1.85. The number of carbonyl (C=O) groups is 2. The maximum Gasteiger partial charge on any atom is 0.435 e. The lowest BCUT2D eigenvalue weighted by Gasteiger charge is -2.18. The summed E-state index contributed by atoms with van der Waals surface area (Å²) in [6.07, 6.45) is -3.38. The molecule has 0 aliphatic heterocycles. The van der Waals surface area contributed by atoms with Crippen molar-refractivity contribution in [2.24, 2.45) is 0 Å². The number of aliphatic hydroxyl groups is 1. The molecule has 1 heterocycles. The first-order chi connectivity index (χ1) is 12.0. The van der Waals surface area contributed by atoms with Gasteiger partial charge in [0.05, 0.1) is 12.2 Å². The molecule has 1 atom stereocenters. The average Bonchev–Trinajstić information content (AvgIpc) is 3.04. The number of nitrogens with one attached hydrogen (secondary N) is 2. The van der Waals surface area contributed by atoms with Crippen molar-refractivity contribution in [2.45, 2.75) is 18.7 Å². The van der Waals surface area contributed by atoms with Crippen LogP contribution in [0, 0.1) is 0 Å². The van der Waals surface area contributed by atoms with Crippen molar-refractivity contribution in [3.63, 3.8) is 0 Å². The highest BCUT2D eigenvalue weighted by Gasteiger charge is 2.33. The van der Waals surface area contributed by atoms with Crippen LogP contribution in [-0.2, 0) is 11.0 Å². The Hall–Kier alpha value is -3.08. The van der Waals surface area contributed by atoms with E-state index < -0.39 is 36.0 Å². The van der Waals surface area contributed by atoms with Crippen molar-refractivity contribution in [1.29, 1.82) is 0 Å². The first kappa shape index (κ1) is 19.2. The minimum Gasteiger partial charge on any atom is -0.479 e. The van der Waals surface area contributed by atoms with Gasteiger partial charge in [0.2, 0.25) is 0 Å². The third-order valence-corrected chi connectivity index (χ3v) is 3.32. The number of aromatic nitrogens is 2. The van der Waals surface area contributed by atoms with E-state index in [0.29, 0.717) is 11.4 Å². The minimum absolute atomic E-state index is 0.310. The molecule has 8 nitrogen and oxygen atoms in total. The maximum atomic E-state index is 12.5. The van der Waals surface area contributed by atoms with Crippen LogP contribution in [0.2, 0.25) is 0 Å². The molecule has 0 radical (unpaired) electrons. The second-order valence-electron chi connectivity index (χ2n) is 5.58. The second-order valence-corrected chi connectivity index (χ2v) is 5.58. The molecule has 2 rings (SSSR count). The Balaban J connectivity index is 1.98. The monoisotopic (exact) mass is 372 g/mol. The number of rotatable bonds is 5. The standard InChI is InChI=1S/C15H15F3N4O4/c1-14(26,12(23)24)8-19-13(25)20-9-2-4-10(5-3-9)22-7-6-11(21-22)15(16,17)18/h2-7,26H,8H2,1H3,(H,23,24)(H2,19,20,25). The molecule has 0 aliphatic rings. The molecule has 0 bridgehead atoms. The van der Waals surface area contributed by atoms with Gasteiger partial charge >= 0.3 is 18.2 Å². The van der Waals surface area contributed by atoms with Gasteiger partial charge in [-0.3, -0.25) is 0 Å². The highest BCUT2D eigenvalue weighted by molar-refractivity contribution is 5.90. The third kappa shape index (κ3) is 4.72. The fourth-order valence-corrected chi connectivity index (χ4v) is 1.82. The van der Waals surface area contributed by atoms with Gasteiger partial charge in [0.1, 0.15) is 0 Å². The summed E-state index contributed by atoms with van der Waals surface area (Å²) in [4.78, 5) is 22.4. The predicted molar refractivity (Wildman–Crippen MR) is 83.8 cm³/mol. The van der Waals surface area contributed by atoms with E-state index in [2.05, 4.69) is 15.7 Å². The SMILES string of the molecule is CC(O)(CNC(=O)Nc1ccc(-n2ccc(C(F)(F)F)n2)cc1)C(=O)O. The van der Waals surface area contributed by atoms with E-state index >= 15 is 0 Å². The summed E-state index contributed by atoms with van der Waals surface area (Å²) in [6, 6.07) is 5.83. The zero-order valence-corrected chi connectivity index (χ0v) is 13.4. The summed E-state index contributed by atoms with van der Waals surface area (Å²) in [5.41, 5.74) is -2.48. The van der Waals surface area contributed by atoms with Crippen LogP contribution in [0.4, 0.5) is 23.7 Å². The zero-order chi connectivity index (χ0) is 19.5. The van der Waals surface area contributed by atoms with Gasteiger partial charge in [-0.15, -0.1) is 0 Å². The number of amides is 2. The fraction of sp³-hybridized carbons (Fsp3) is 0.267. The molecule has 0 aliphatic carbocycles. The van der Waals surface area contributed by atoms with E-state index in [4.69, 9.17) is 5.11 Å². The molecule has 0 saturated heterocycles. The van der Waals surface area contributed by atoms with Crippen molar-refractivity contribution in [3.8, 4) is 5.69 Å². The molecule has 2 amide bonds. The Morgan fingerprint density at radius 1 is 1.19 bits per heavy atom. The molecule has 1 aromatic carbocycles. The molecule has 0 fully saturated rings. The van der Waals surface area contributed by atoms with Crippen molar-refractivity contribution >= 4 is 17.7 Å². The molecule has 1 aromatic heterocycles. The van der Waals surface area contributed by atoms with Crippen LogP contribution in [0.25, 0.3) is 5.69 Å². The Kier molecular flexibility index (Phi) is 5.21. The number of anilines is 1. The van der Waals surface area contributed by atoms with Crippen LogP contribution in [-0.4, -0.2) is 44.1 Å². The Morgan fingerprint density at radius 3 is 2.31 bits per heavy atom. The average molecular weight is 372 g/mol. The summed E-state index contributed by atoms with van der Waals surface area (Å²) in [5.74, 6) is -1.49. The summed E-state index contributed by atoms with van der Waals surface area (Å²) in [7, 11) is 0. The summed E-state index contributed by atoms with van der Waals surface area (Å²) < 4.78 is 38.7. The van der Waals surface area contributed by atoms with E-state index in [1.165, 1.54) is 24.3 Å². The number of alkyl halides is 3. The van der Waals surface area contributed by atoms with Crippen LogP contribution < -0.4 is 10.6 Å². The molecular weight excluding hydrogens is 357 g/mol. The zero-order valence-electron chi connectivity index (χ0n) is 13.4. The Morgan fingerprint density at radius 2 is 1.81 bits per heavy atom. The molecule has 1 unspecified atom stereocenters. The number of carbonyl (C=O) groups excluding carboxylic acids is 1. The van der Waals surface area contributed by atoms with Crippen LogP contribution in [0.1, 0.15) is 12.6 Å². The van der Waals surface area contributed by atoms with Gasteiger partial charge in [0.25, 0.3) is 0 Å². The minimum atomic E-state index is -4.54. The number of carboxylic acid groups (broad SMARTS) is 1. The molecule has 4 N–H and O–H groups in total. The largest absolute Gasteiger partial charge is 0.479 e. The van der Waals surface area contributed by atoms with Crippen molar-refractivity contribution in [2.75, 3.05) is 11.9 Å². The maximum absolute atomic E-state index is 12.5. The first-order valence-corrected chi connectivity index (χ1v) is 7.23. The normalized spacial score (nSPS) is 13.7. The highest BCUT2D eigenvalue weighted by atomic mass is 19.4. The van der Waals surface area contributed by atoms with E-state index in [-0.39, 0.29) is 0 Å². The van der Waals surface area contributed by atoms with Gasteiger partial charge in [-0.1, -0.05) is 0 Å². The van der Waals surface area contributed by atoms with E-state index in [9.17, 15) is 27.9 Å². The van der Waals surface area contributed by atoms with Gasteiger partial charge in [-0.2, -0.15) is 18.3 Å². The van der Waals surface area contributed by atoms with Gasteiger partial charge in [0, 0.05) is 11.9 Å². The van der Waals surface area contributed by atoms with Crippen LogP contribution in [0.15, 0.2) is 36.5 Å². The quantitative estimate of drug-likeness (QED) is 0.639. The van der Waals surface area contributed by atoms with Gasteiger partial charge in [-0.05, 0) is 37.3 Å². The van der Waals surface area contributed by atoms with Gasteiger partial charge in [-0.25, -0.2) is 14.3 Å². The number of hydrogen-bond donors (Lipinski definition) is 4.